The SMILES string of the molecule is COc1ccc(S(=O)(=O)NC2(C(=O)OCc3ccccc3)CCCCC2)cc1. The number of carbonyl (C=O) groups is 1. The Morgan fingerprint density at radius 1 is 1.00 bits per heavy atom. The first kappa shape index (κ1) is 20.4. The van der Waals surface area contributed by atoms with Crippen LogP contribution in [-0.4, -0.2) is 27.0 Å². The number of esters is 1. The van der Waals surface area contributed by atoms with Crippen LogP contribution in [0, 0.1) is 0 Å². The first-order valence-electron chi connectivity index (χ1n) is 9.34. The van der Waals surface area contributed by atoms with Gasteiger partial charge in [0, 0.05) is 0 Å². The Kier molecular flexibility index (Phi) is 6.36. The van der Waals surface area contributed by atoms with Gasteiger partial charge in [-0.05, 0) is 42.7 Å². The average molecular weight is 404 g/mol. The number of hydrogen-bond acceptors (Lipinski definition) is 5. The van der Waals surface area contributed by atoms with Crippen LogP contribution >= 0.6 is 0 Å². The third kappa shape index (κ3) is 4.72. The van der Waals surface area contributed by atoms with Crippen molar-refractivity contribution in [1.29, 1.82) is 0 Å². The van der Waals surface area contributed by atoms with Gasteiger partial charge < -0.3 is 9.47 Å². The molecule has 0 aliphatic heterocycles. The molecule has 28 heavy (non-hydrogen) atoms. The standard InChI is InChI=1S/C21H25NO5S/c1-26-18-10-12-19(13-11-18)28(24,25)22-21(14-6-3-7-15-21)20(23)27-16-17-8-4-2-5-9-17/h2,4-5,8-13,22H,3,6-7,14-16H2,1H3. The molecule has 2 aromatic carbocycles. The minimum absolute atomic E-state index is 0.0918. The minimum atomic E-state index is -3.88. The molecule has 0 unspecified atom stereocenters. The Morgan fingerprint density at radius 3 is 2.25 bits per heavy atom. The Hall–Kier alpha value is -2.38. The summed E-state index contributed by atoms with van der Waals surface area (Å²) < 4.78 is 39.1. The Labute approximate surface area is 165 Å². The van der Waals surface area contributed by atoms with Crippen molar-refractivity contribution in [2.24, 2.45) is 0 Å². The zero-order valence-electron chi connectivity index (χ0n) is 15.9. The number of hydrogen-bond donors (Lipinski definition) is 1. The molecule has 1 aliphatic carbocycles. The maximum absolute atomic E-state index is 12.9. The van der Waals surface area contributed by atoms with Crippen molar-refractivity contribution in [3.8, 4) is 5.75 Å². The third-order valence-corrected chi connectivity index (χ3v) is 6.56. The van der Waals surface area contributed by atoms with Gasteiger partial charge >= 0.3 is 5.97 Å². The molecule has 0 spiro atoms. The first-order valence-corrected chi connectivity index (χ1v) is 10.8. The molecule has 0 bridgehead atoms. The van der Waals surface area contributed by atoms with E-state index in [2.05, 4.69) is 4.72 Å². The van der Waals surface area contributed by atoms with Gasteiger partial charge in [-0.1, -0.05) is 49.6 Å². The molecule has 0 aromatic heterocycles. The smallest absolute Gasteiger partial charge is 0.327 e. The summed E-state index contributed by atoms with van der Waals surface area (Å²) in [6.07, 6.45) is 3.36. The highest BCUT2D eigenvalue weighted by Crippen LogP contribution is 2.32. The summed E-state index contributed by atoms with van der Waals surface area (Å²) in [5, 5.41) is 0. The fourth-order valence-corrected chi connectivity index (χ4v) is 4.85. The van der Waals surface area contributed by atoms with Crippen LogP contribution in [-0.2, 0) is 26.2 Å². The van der Waals surface area contributed by atoms with Crippen LogP contribution in [0.2, 0.25) is 0 Å². The van der Waals surface area contributed by atoms with Crippen LogP contribution in [0.1, 0.15) is 37.7 Å². The fraction of sp³-hybridized carbons (Fsp3) is 0.381. The van der Waals surface area contributed by atoms with Crippen molar-refractivity contribution in [3.05, 3.63) is 60.2 Å². The zero-order chi connectivity index (χ0) is 20.0. The number of carbonyl (C=O) groups excluding carboxylic acids is 1. The maximum Gasteiger partial charge on any atom is 0.327 e. The largest absolute Gasteiger partial charge is 0.497 e. The summed E-state index contributed by atoms with van der Waals surface area (Å²) in [5.41, 5.74) is -0.369. The van der Waals surface area contributed by atoms with E-state index in [0.29, 0.717) is 18.6 Å². The van der Waals surface area contributed by atoms with E-state index in [1.54, 1.807) is 12.1 Å². The van der Waals surface area contributed by atoms with Crippen LogP contribution in [0.15, 0.2) is 59.5 Å². The van der Waals surface area contributed by atoms with E-state index in [4.69, 9.17) is 9.47 Å². The third-order valence-electron chi connectivity index (χ3n) is 5.01. The molecule has 0 heterocycles. The lowest BCUT2D eigenvalue weighted by atomic mass is 9.82. The number of sulfonamides is 1. The lowest BCUT2D eigenvalue weighted by Crippen LogP contribution is -2.56. The van der Waals surface area contributed by atoms with Gasteiger partial charge in [0.05, 0.1) is 12.0 Å². The number of nitrogens with one attached hydrogen (secondary N) is 1. The second-order valence-corrected chi connectivity index (χ2v) is 8.67. The predicted molar refractivity (Wildman–Crippen MR) is 105 cm³/mol. The average Bonchev–Trinajstić information content (AvgIpc) is 2.73. The van der Waals surface area contributed by atoms with Gasteiger partial charge in [0.25, 0.3) is 0 Å². The molecule has 150 valence electrons. The Bertz CT molecular complexity index is 888. The number of benzene rings is 2. The molecule has 0 atom stereocenters. The van der Waals surface area contributed by atoms with Gasteiger partial charge in [-0.3, -0.25) is 4.79 Å². The minimum Gasteiger partial charge on any atom is -0.497 e. The van der Waals surface area contributed by atoms with Crippen molar-refractivity contribution in [2.75, 3.05) is 7.11 Å². The van der Waals surface area contributed by atoms with Crippen LogP contribution in [0.5, 0.6) is 5.75 Å². The van der Waals surface area contributed by atoms with E-state index >= 15 is 0 Å². The normalized spacial score (nSPS) is 16.3. The highest BCUT2D eigenvalue weighted by Gasteiger charge is 2.44. The van der Waals surface area contributed by atoms with Crippen LogP contribution in [0.4, 0.5) is 0 Å². The van der Waals surface area contributed by atoms with Crippen molar-refractivity contribution >= 4 is 16.0 Å². The maximum atomic E-state index is 12.9. The predicted octanol–water partition coefficient (Wildman–Crippen LogP) is 3.42. The molecular weight excluding hydrogens is 378 g/mol. The Morgan fingerprint density at radius 2 is 1.64 bits per heavy atom. The summed E-state index contributed by atoms with van der Waals surface area (Å²) in [5.74, 6) is 0.0433. The molecule has 2 aromatic rings. The fourth-order valence-electron chi connectivity index (χ4n) is 3.44. The monoisotopic (exact) mass is 403 g/mol. The number of ether oxygens (including phenoxy) is 2. The summed E-state index contributed by atoms with van der Waals surface area (Å²) >= 11 is 0. The molecule has 7 heteroatoms. The molecule has 0 radical (unpaired) electrons. The highest BCUT2D eigenvalue weighted by molar-refractivity contribution is 7.89. The second kappa shape index (κ2) is 8.75. The molecule has 1 aliphatic rings. The molecule has 1 N–H and O–H groups in total. The van der Waals surface area contributed by atoms with Gasteiger partial charge in [-0.15, -0.1) is 0 Å². The van der Waals surface area contributed by atoms with Crippen molar-refractivity contribution in [1.82, 2.24) is 4.72 Å². The lowest BCUT2D eigenvalue weighted by Gasteiger charge is -2.35. The quantitative estimate of drug-likeness (QED) is 0.717. The molecule has 1 fully saturated rings. The van der Waals surface area contributed by atoms with Crippen molar-refractivity contribution < 1.29 is 22.7 Å². The van der Waals surface area contributed by atoms with E-state index < -0.39 is 21.5 Å². The Balaban J connectivity index is 1.79. The van der Waals surface area contributed by atoms with Gasteiger partial charge in [-0.2, -0.15) is 4.72 Å². The molecule has 6 nitrogen and oxygen atoms in total. The highest BCUT2D eigenvalue weighted by atomic mass is 32.2. The summed E-state index contributed by atoms with van der Waals surface area (Å²) in [6.45, 7) is 0.117. The van der Waals surface area contributed by atoms with Crippen LogP contribution < -0.4 is 9.46 Å². The number of methoxy groups -OCH3 is 1. The molecule has 0 amide bonds. The number of rotatable bonds is 7. The van der Waals surface area contributed by atoms with Gasteiger partial charge in [0.1, 0.15) is 17.9 Å². The van der Waals surface area contributed by atoms with E-state index in [-0.39, 0.29) is 11.5 Å². The van der Waals surface area contributed by atoms with E-state index in [1.165, 1.54) is 19.2 Å². The van der Waals surface area contributed by atoms with Crippen LogP contribution in [0.25, 0.3) is 0 Å². The van der Waals surface area contributed by atoms with Gasteiger partial charge in [0.15, 0.2) is 0 Å². The van der Waals surface area contributed by atoms with E-state index in [9.17, 15) is 13.2 Å². The van der Waals surface area contributed by atoms with Gasteiger partial charge in [-0.25, -0.2) is 8.42 Å². The van der Waals surface area contributed by atoms with Gasteiger partial charge in [0.2, 0.25) is 10.0 Å². The molecule has 1 saturated carbocycles. The zero-order valence-corrected chi connectivity index (χ0v) is 16.7. The van der Waals surface area contributed by atoms with E-state index in [0.717, 1.165) is 24.8 Å². The van der Waals surface area contributed by atoms with Crippen LogP contribution in [0.3, 0.4) is 0 Å². The van der Waals surface area contributed by atoms with E-state index in [1.807, 2.05) is 30.3 Å². The summed E-state index contributed by atoms with van der Waals surface area (Å²) in [6, 6.07) is 15.4. The molecule has 0 saturated heterocycles. The van der Waals surface area contributed by atoms with Crippen molar-refractivity contribution in [2.45, 2.75) is 49.1 Å². The lowest BCUT2D eigenvalue weighted by molar-refractivity contribution is -0.153. The summed E-state index contributed by atoms with van der Waals surface area (Å²) in [4.78, 5) is 13.0. The first-order chi connectivity index (χ1) is 13.5. The summed E-state index contributed by atoms with van der Waals surface area (Å²) in [7, 11) is -2.36. The topological polar surface area (TPSA) is 81.7 Å². The molecule has 3 rings (SSSR count). The van der Waals surface area contributed by atoms with Crippen molar-refractivity contribution in [3.63, 3.8) is 0 Å². The second-order valence-electron chi connectivity index (χ2n) is 6.99. The molecular formula is C21H25NO5S.